The molecule has 0 aliphatic heterocycles. The summed E-state index contributed by atoms with van der Waals surface area (Å²) >= 11 is 0. The van der Waals surface area contributed by atoms with Crippen LogP contribution in [0.2, 0.25) is 0 Å². The SMILES string of the molecule is C=CN=C(N)c1c(-c2ccc3cnn(Cc4ccccc4)c3c2)cn(C2CC(CN)C2)c1C. The lowest BCUT2D eigenvalue weighted by Gasteiger charge is -2.36. The summed E-state index contributed by atoms with van der Waals surface area (Å²) in [5.41, 5.74) is 18.9. The quantitative estimate of drug-likeness (QED) is 0.326. The van der Waals surface area contributed by atoms with Gasteiger partial charge in [0.1, 0.15) is 5.84 Å². The van der Waals surface area contributed by atoms with Crippen LogP contribution < -0.4 is 11.5 Å². The molecule has 1 fully saturated rings. The second kappa shape index (κ2) is 8.71. The maximum absolute atomic E-state index is 6.42. The van der Waals surface area contributed by atoms with Crippen LogP contribution in [-0.2, 0) is 6.54 Å². The van der Waals surface area contributed by atoms with Gasteiger partial charge < -0.3 is 16.0 Å². The van der Waals surface area contributed by atoms with Crippen molar-refractivity contribution in [1.82, 2.24) is 14.3 Å². The predicted octanol–water partition coefficient (Wildman–Crippen LogP) is 4.62. The molecule has 2 aromatic carbocycles. The first-order chi connectivity index (χ1) is 16.1. The number of amidine groups is 1. The minimum Gasteiger partial charge on any atom is -0.383 e. The summed E-state index contributed by atoms with van der Waals surface area (Å²) < 4.78 is 4.41. The summed E-state index contributed by atoms with van der Waals surface area (Å²) in [6.45, 7) is 7.33. The molecule has 4 N–H and O–H groups in total. The van der Waals surface area contributed by atoms with Gasteiger partial charge in [-0.15, -0.1) is 0 Å². The van der Waals surface area contributed by atoms with Crippen LogP contribution in [0.3, 0.4) is 0 Å². The largest absolute Gasteiger partial charge is 0.383 e. The molecule has 1 saturated carbocycles. The second-order valence-corrected chi connectivity index (χ2v) is 8.90. The molecule has 0 spiro atoms. The van der Waals surface area contributed by atoms with E-state index in [0.717, 1.165) is 59.2 Å². The average Bonchev–Trinajstić information content (AvgIpc) is 3.35. The third kappa shape index (κ3) is 3.87. The molecule has 168 valence electrons. The first-order valence-corrected chi connectivity index (χ1v) is 11.4. The van der Waals surface area contributed by atoms with Gasteiger partial charge in [-0.3, -0.25) is 4.68 Å². The molecule has 0 unspecified atom stereocenters. The number of nitrogens with zero attached hydrogens (tertiary/aromatic N) is 4. The van der Waals surface area contributed by atoms with E-state index in [4.69, 9.17) is 11.5 Å². The van der Waals surface area contributed by atoms with Gasteiger partial charge in [0.25, 0.3) is 0 Å². The molecule has 6 heteroatoms. The van der Waals surface area contributed by atoms with Crippen molar-refractivity contribution in [2.24, 2.45) is 22.4 Å². The highest BCUT2D eigenvalue weighted by Gasteiger charge is 2.31. The highest BCUT2D eigenvalue weighted by Crippen LogP contribution is 2.41. The first kappa shape index (κ1) is 21.2. The zero-order valence-electron chi connectivity index (χ0n) is 19.0. The first-order valence-electron chi connectivity index (χ1n) is 11.4. The topological polar surface area (TPSA) is 87.1 Å². The fourth-order valence-corrected chi connectivity index (χ4v) is 4.95. The van der Waals surface area contributed by atoms with Crippen LogP contribution in [0.15, 0.2) is 78.7 Å². The molecule has 0 saturated heterocycles. The van der Waals surface area contributed by atoms with Crippen molar-refractivity contribution in [3.8, 4) is 11.1 Å². The Balaban J connectivity index is 1.59. The van der Waals surface area contributed by atoms with Gasteiger partial charge in [0.15, 0.2) is 0 Å². The third-order valence-electron chi connectivity index (χ3n) is 6.84. The van der Waals surface area contributed by atoms with Crippen LogP contribution in [0.25, 0.3) is 22.0 Å². The van der Waals surface area contributed by atoms with Crippen molar-refractivity contribution in [2.45, 2.75) is 32.4 Å². The molecule has 33 heavy (non-hydrogen) atoms. The van der Waals surface area contributed by atoms with Crippen molar-refractivity contribution in [3.63, 3.8) is 0 Å². The Morgan fingerprint density at radius 1 is 1.21 bits per heavy atom. The van der Waals surface area contributed by atoms with Crippen LogP contribution in [0.5, 0.6) is 0 Å². The molecule has 5 rings (SSSR count). The zero-order chi connectivity index (χ0) is 22.9. The maximum atomic E-state index is 6.42. The van der Waals surface area contributed by atoms with E-state index in [0.29, 0.717) is 17.8 Å². The van der Waals surface area contributed by atoms with Crippen LogP contribution >= 0.6 is 0 Å². The van der Waals surface area contributed by atoms with Gasteiger partial charge in [0.05, 0.1) is 18.3 Å². The normalized spacial score (nSPS) is 18.4. The van der Waals surface area contributed by atoms with Crippen LogP contribution in [-0.4, -0.2) is 26.7 Å². The lowest BCUT2D eigenvalue weighted by molar-refractivity contribution is 0.202. The highest BCUT2D eigenvalue weighted by molar-refractivity contribution is 6.05. The Kier molecular flexibility index (Phi) is 5.60. The van der Waals surface area contributed by atoms with Crippen LogP contribution in [0.1, 0.15) is 35.7 Å². The molecule has 1 aliphatic carbocycles. The molecule has 6 nitrogen and oxygen atoms in total. The number of benzene rings is 2. The molecule has 0 bridgehead atoms. The molecule has 2 aromatic heterocycles. The molecular weight excluding hydrogens is 408 g/mol. The van der Waals surface area contributed by atoms with E-state index in [1.807, 2.05) is 12.3 Å². The summed E-state index contributed by atoms with van der Waals surface area (Å²) in [5, 5.41) is 5.76. The third-order valence-corrected chi connectivity index (χ3v) is 6.84. The monoisotopic (exact) mass is 438 g/mol. The van der Waals surface area contributed by atoms with E-state index < -0.39 is 0 Å². The van der Waals surface area contributed by atoms with Crippen molar-refractivity contribution in [2.75, 3.05) is 6.54 Å². The molecule has 0 radical (unpaired) electrons. The number of aromatic nitrogens is 3. The summed E-state index contributed by atoms with van der Waals surface area (Å²) in [7, 11) is 0. The lowest BCUT2D eigenvalue weighted by Crippen LogP contribution is -2.32. The summed E-state index contributed by atoms with van der Waals surface area (Å²) in [6, 6.07) is 17.3. The lowest BCUT2D eigenvalue weighted by atomic mass is 9.80. The Morgan fingerprint density at radius 2 is 2.00 bits per heavy atom. The standard InChI is InChI=1S/C27H30N6/c1-3-30-27(29)26-18(2)32(23-11-20(12-23)14-28)17-24(26)21-9-10-22-15-31-33(25(22)13-21)16-19-7-5-4-6-8-19/h3-10,13,15,17,20,23H,1,11-12,14,16,28H2,2H3,(H2,29,30). The van der Waals surface area contributed by atoms with E-state index in [1.165, 1.54) is 11.8 Å². The second-order valence-electron chi connectivity index (χ2n) is 8.90. The number of rotatable bonds is 7. The van der Waals surface area contributed by atoms with Crippen LogP contribution in [0, 0.1) is 12.8 Å². The molecule has 1 aliphatic rings. The summed E-state index contributed by atoms with van der Waals surface area (Å²) in [5.74, 6) is 1.09. The molecular formula is C27H30N6. The van der Waals surface area contributed by atoms with Gasteiger partial charge in [-0.25, -0.2) is 4.99 Å². The van der Waals surface area contributed by atoms with Gasteiger partial charge in [-0.2, -0.15) is 5.10 Å². The number of fused-ring (bicyclic) bond motifs is 1. The highest BCUT2D eigenvalue weighted by atomic mass is 15.3. The van der Waals surface area contributed by atoms with E-state index >= 15 is 0 Å². The average molecular weight is 439 g/mol. The van der Waals surface area contributed by atoms with Crippen molar-refractivity contribution in [1.29, 1.82) is 0 Å². The predicted molar refractivity (Wildman–Crippen MR) is 135 cm³/mol. The number of nitrogens with two attached hydrogens (primary N) is 2. The van der Waals surface area contributed by atoms with E-state index in [1.54, 1.807) is 0 Å². The van der Waals surface area contributed by atoms with Crippen LogP contribution in [0.4, 0.5) is 0 Å². The number of aliphatic imine (C=N–C) groups is 1. The molecule has 4 aromatic rings. The Bertz CT molecular complexity index is 1320. The summed E-state index contributed by atoms with van der Waals surface area (Å²) in [6.07, 6.45) is 7.86. The number of hydrogen-bond donors (Lipinski definition) is 2. The number of hydrogen-bond acceptors (Lipinski definition) is 3. The van der Waals surface area contributed by atoms with Crippen molar-refractivity contribution in [3.05, 3.63) is 90.5 Å². The van der Waals surface area contributed by atoms with Crippen molar-refractivity contribution < 1.29 is 0 Å². The van der Waals surface area contributed by atoms with Gasteiger partial charge in [-0.05, 0) is 49.4 Å². The van der Waals surface area contributed by atoms with Crippen molar-refractivity contribution >= 4 is 16.7 Å². The fraction of sp³-hybridized carbons (Fsp3) is 0.259. The van der Waals surface area contributed by atoms with Gasteiger partial charge in [0.2, 0.25) is 0 Å². The summed E-state index contributed by atoms with van der Waals surface area (Å²) in [4.78, 5) is 4.32. The fourth-order valence-electron chi connectivity index (χ4n) is 4.95. The minimum absolute atomic E-state index is 0.454. The van der Waals surface area contributed by atoms with Gasteiger partial charge >= 0.3 is 0 Å². The molecule has 0 atom stereocenters. The Labute approximate surface area is 194 Å². The maximum Gasteiger partial charge on any atom is 0.133 e. The smallest absolute Gasteiger partial charge is 0.133 e. The molecule has 0 amide bonds. The van der Waals surface area contributed by atoms with E-state index in [9.17, 15) is 0 Å². The minimum atomic E-state index is 0.454. The Morgan fingerprint density at radius 3 is 2.73 bits per heavy atom. The Hall–Kier alpha value is -3.64. The van der Waals surface area contributed by atoms with Gasteiger partial charge in [0, 0.05) is 40.6 Å². The molecule has 2 heterocycles. The van der Waals surface area contributed by atoms with E-state index in [-0.39, 0.29) is 0 Å². The van der Waals surface area contributed by atoms with Gasteiger partial charge in [-0.1, -0.05) is 49.0 Å². The zero-order valence-corrected chi connectivity index (χ0v) is 19.0. The van der Waals surface area contributed by atoms with E-state index in [2.05, 4.69) is 81.5 Å².